The maximum Gasteiger partial charge on any atom is 0.262 e. The highest BCUT2D eigenvalue weighted by molar-refractivity contribution is 7.12. The van der Waals surface area contributed by atoms with Gasteiger partial charge in [-0.3, -0.25) is 14.5 Å². The number of amides is 2. The predicted octanol–water partition coefficient (Wildman–Crippen LogP) is 2.22. The number of rotatable bonds is 6. The van der Waals surface area contributed by atoms with Gasteiger partial charge in [0.05, 0.1) is 11.0 Å². The summed E-state index contributed by atoms with van der Waals surface area (Å²) < 4.78 is 5.75. The summed E-state index contributed by atoms with van der Waals surface area (Å²) in [6.45, 7) is 9.14. The molecule has 7 heteroatoms. The molecule has 0 bridgehead atoms. The molecule has 1 N–H and O–H groups in total. The Bertz CT molecular complexity index is 614. The fraction of sp³-hybridized carbons (Fsp3) is 0.700. The standard InChI is InChI=1S/C20H31N3O3S/c1-15(2)18(21-19(24)17-7-4-13-27-17)20(25)23-9-5-8-22(10-11-23)14-16-6-3-12-26-16/h4,7,13,15-16,18H,3,5-6,8-12,14H2,1-2H3,(H,21,24)/t16-,18+/m0/s1. The lowest BCUT2D eigenvalue weighted by Crippen LogP contribution is -2.52. The molecule has 6 nitrogen and oxygen atoms in total. The van der Waals surface area contributed by atoms with Crippen molar-refractivity contribution in [2.75, 3.05) is 39.3 Å². The van der Waals surface area contributed by atoms with Crippen molar-refractivity contribution in [3.8, 4) is 0 Å². The fourth-order valence-electron chi connectivity index (χ4n) is 3.78. The average Bonchev–Trinajstić information content (AvgIpc) is 3.30. The van der Waals surface area contributed by atoms with Crippen LogP contribution in [0.15, 0.2) is 17.5 Å². The zero-order chi connectivity index (χ0) is 19.2. The van der Waals surface area contributed by atoms with E-state index < -0.39 is 6.04 Å². The second-order valence-electron chi connectivity index (χ2n) is 7.79. The second kappa shape index (κ2) is 9.66. The van der Waals surface area contributed by atoms with Crippen LogP contribution >= 0.6 is 11.3 Å². The third-order valence-electron chi connectivity index (χ3n) is 5.35. The monoisotopic (exact) mass is 393 g/mol. The van der Waals surface area contributed by atoms with Gasteiger partial charge in [0.15, 0.2) is 0 Å². The topological polar surface area (TPSA) is 61.9 Å². The molecule has 27 heavy (non-hydrogen) atoms. The Morgan fingerprint density at radius 3 is 2.78 bits per heavy atom. The van der Waals surface area contributed by atoms with Crippen molar-refractivity contribution in [3.05, 3.63) is 22.4 Å². The number of hydrogen-bond acceptors (Lipinski definition) is 5. The molecule has 0 saturated carbocycles. The van der Waals surface area contributed by atoms with Gasteiger partial charge in [0.2, 0.25) is 5.91 Å². The normalized spacial score (nSPS) is 22.6. The molecule has 0 aromatic carbocycles. The molecule has 2 amide bonds. The van der Waals surface area contributed by atoms with Crippen molar-refractivity contribution in [1.29, 1.82) is 0 Å². The van der Waals surface area contributed by atoms with Gasteiger partial charge in [-0.15, -0.1) is 11.3 Å². The van der Waals surface area contributed by atoms with E-state index in [1.54, 1.807) is 6.07 Å². The van der Waals surface area contributed by atoms with E-state index in [9.17, 15) is 9.59 Å². The number of nitrogens with zero attached hydrogens (tertiary/aromatic N) is 2. The molecule has 0 aliphatic carbocycles. The van der Waals surface area contributed by atoms with Gasteiger partial charge >= 0.3 is 0 Å². The van der Waals surface area contributed by atoms with Gasteiger partial charge < -0.3 is 15.0 Å². The van der Waals surface area contributed by atoms with Crippen LogP contribution in [0.4, 0.5) is 0 Å². The maximum absolute atomic E-state index is 13.1. The van der Waals surface area contributed by atoms with Gasteiger partial charge in [-0.2, -0.15) is 0 Å². The van der Waals surface area contributed by atoms with Crippen LogP contribution in [-0.2, 0) is 9.53 Å². The SMILES string of the molecule is CC(C)[C@@H](NC(=O)c1cccs1)C(=O)N1CCCN(C[C@@H]2CCCO2)CC1. The molecule has 3 heterocycles. The summed E-state index contributed by atoms with van der Waals surface area (Å²) in [6, 6.07) is 3.16. The molecule has 2 fully saturated rings. The van der Waals surface area contributed by atoms with Gasteiger partial charge in [0.1, 0.15) is 6.04 Å². The Balaban J connectivity index is 1.56. The minimum atomic E-state index is -0.482. The number of carbonyl (C=O) groups excluding carboxylic acids is 2. The first-order chi connectivity index (χ1) is 13.0. The second-order valence-corrected chi connectivity index (χ2v) is 8.73. The molecular formula is C20H31N3O3S. The molecule has 3 rings (SSSR count). The minimum absolute atomic E-state index is 0.0360. The Morgan fingerprint density at radius 2 is 2.11 bits per heavy atom. The van der Waals surface area contributed by atoms with E-state index in [1.165, 1.54) is 11.3 Å². The summed E-state index contributed by atoms with van der Waals surface area (Å²) in [6.07, 6.45) is 3.61. The molecule has 1 aromatic heterocycles. The van der Waals surface area contributed by atoms with Gasteiger partial charge in [-0.05, 0) is 43.2 Å². The van der Waals surface area contributed by atoms with E-state index in [0.29, 0.717) is 17.5 Å². The minimum Gasteiger partial charge on any atom is -0.377 e. The first-order valence-corrected chi connectivity index (χ1v) is 10.9. The highest BCUT2D eigenvalue weighted by Gasteiger charge is 2.30. The van der Waals surface area contributed by atoms with Crippen molar-refractivity contribution in [2.24, 2.45) is 5.92 Å². The van der Waals surface area contributed by atoms with Crippen molar-refractivity contribution in [1.82, 2.24) is 15.1 Å². The average molecular weight is 394 g/mol. The third kappa shape index (κ3) is 5.53. The molecule has 0 unspecified atom stereocenters. The molecule has 2 aliphatic heterocycles. The summed E-state index contributed by atoms with van der Waals surface area (Å²) in [5.74, 6) is -0.0755. The van der Waals surface area contributed by atoms with Gasteiger partial charge in [0, 0.05) is 32.8 Å². The van der Waals surface area contributed by atoms with Crippen LogP contribution in [0.2, 0.25) is 0 Å². The summed E-state index contributed by atoms with van der Waals surface area (Å²) >= 11 is 1.40. The van der Waals surface area contributed by atoms with Crippen molar-refractivity contribution < 1.29 is 14.3 Å². The molecule has 1 aromatic rings. The van der Waals surface area contributed by atoms with Crippen LogP contribution in [0.1, 0.15) is 42.8 Å². The quantitative estimate of drug-likeness (QED) is 0.805. The van der Waals surface area contributed by atoms with Crippen molar-refractivity contribution in [3.63, 3.8) is 0 Å². The van der Waals surface area contributed by atoms with Crippen LogP contribution in [-0.4, -0.2) is 73.1 Å². The Hall–Kier alpha value is -1.44. The van der Waals surface area contributed by atoms with Crippen LogP contribution in [0, 0.1) is 5.92 Å². The fourth-order valence-corrected chi connectivity index (χ4v) is 4.41. The molecule has 2 aliphatic rings. The molecule has 0 radical (unpaired) electrons. The van der Waals surface area contributed by atoms with E-state index in [1.807, 2.05) is 30.2 Å². The highest BCUT2D eigenvalue weighted by Crippen LogP contribution is 2.16. The lowest BCUT2D eigenvalue weighted by Gasteiger charge is -2.29. The third-order valence-corrected chi connectivity index (χ3v) is 6.22. The smallest absolute Gasteiger partial charge is 0.262 e. The van der Waals surface area contributed by atoms with Crippen LogP contribution in [0.25, 0.3) is 0 Å². The van der Waals surface area contributed by atoms with E-state index in [-0.39, 0.29) is 17.7 Å². The molecule has 2 saturated heterocycles. The summed E-state index contributed by atoms with van der Waals surface area (Å²) in [5, 5.41) is 4.83. The van der Waals surface area contributed by atoms with E-state index in [4.69, 9.17) is 4.74 Å². The molecular weight excluding hydrogens is 362 g/mol. The summed E-state index contributed by atoms with van der Waals surface area (Å²) in [5.41, 5.74) is 0. The van der Waals surface area contributed by atoms with Gasteiger partial charge in [-0.1, -0.05) is 19.9 Å². The maximum atomic E-state index is 13.1. The van der Waals surface area contributed by atoms with Gasteiger partial charge in [0.25, 0.3) is 5.91 Å². The molecule has 0 spiro atoms. The lowest BCUT2D eigenvalue weighted by atomic mass is 10.0. The molecule has 2 atom stereocenters. The lowest BCUT2D eigenvalue weighted by molar-refractivity contribution is -0.134. The molecule has 150 valence electrons. The van der Waals surface area contributed by atoms with Crippen LogP contribution in [0.3, 0.4) is 0 Å². The summed E-state index contributed by atoms with van der Waals surface area (Å²) in [7, 11) is 0. The van der Waals surface area contributed by atoms with E-state index in [2.05, 4.69) is 10.2 Å². The number of ether oxygens (including phenoxy) is 1. The first-order valence-electron chi connectivity index (χ1n) is 10.0. The Kier molecular flexibility index (Phi) is 7.26. The van der Waals surface area contributed by atoms with Crippen molar-refractivity contribution in [2.45, 2.75) is 45.3 Å². The van der Waals surface area contributed by atoms with E-state index in [0.717, 1.165) is 52.0 Å². The van der Waals surface area contributed by atoms with Crippen molar-refractivity contribution >= 4 is 23.2 Å². The summed E-state index contributed by atoms with van der Waals surface area (Å²) in [4.78, 5) is 30.5. The Morgan fingerprint density at radius 1 is 1.26 bits per heavy atom. The van der Waals surface area contributed by atoms with Gasteiger partial charge in [-0.25, -0.2) is 0 Å². The van der Waals surface area contributed by atoms with E-state index >= 15 is 0 Å². The zero-order valence-corrected chi connectivity index (χ0v) is 17.2. The Labute approximate surface area is 165 Å². The highest BCUT2D eigenvalue weighted by atomic mass is 32.1. The zero-order valence-electron chi connectivity index (χ0n) is 16.4. The van der Waals surface area contributed by atoms with Crippen LogP contribution in [0.5, 0.6) is 0 Å². The first kappa shape index (κ1) is 20.3. The predicted molar refractivity (Wildman–Crippen MR) is 107 cm³/mol. The number of thiophene rings is 1. The number of hydrogen-bond donors (Lipinski definition) is 1. The largest absolute Gasteiger partial charge is 0.377 e. The number of nitrogens with one attached hydrogen (secondary N) is 1. The number of carbonyl (C=O) groups is 2. The van der Waals surface area contributed by atoms with Crippen LogP contribution < -0.4 is 5.32 Å².